The van der Waals surface area contributed by atoms with Crippen molar-refractivity contribution in [1.82, 2.24) is 10.9 Å². The summed E-state index contributed by atoms with van der Waals surface area (Å²) in [6.07, 6.45) is 0.329. The van der Waals surface area contributed by atoms with Crippen molar-refractivity contribution in [3.05, 3.63) is 29.8 Å². The van der Waals surface area contributed by atoms with Gasteiger partial charge in [0.1, 0.15) is 5.60 Å². The highest BCUT2D eigenvalue weighted by Gasteiger charge is 2.15. The van der Waals surface area contributed by atoms with Gasteiger partial charge in [0.25, 0.3) is 0 Å². The molecule has 0 aromatic heterocycles. The Bertz CT molecular complexity index is 382. The molecule has 0 aliphatic carbocycles. The minimum Gasteiger partial charge on any atom is -0.443 e. The fourth-order valence-electron chi connectivity index (χ4n) is 1.33. The topological polar surface area (TPSA) is 76.4 Å². The molecule has 0 bridgehead atoms. The van der Waals surface area contributed by atoms with Gasteiger partial charge in [0.05, 0.1) is 0 Å². The van der Waals surface area contributed by atoms with Crippen molar-refractivity contribution in [2.75, 3.05) is 12.3 Å². The van der Waals surface area contributed by atoms with Crippen molar-refractivity contribution in [1.29, 1.82) is 0 Å². The molecule has 0 saturated heterocycles. The van der Waals surface area contributed by atoms with E-state index in [9.17, 15) is 4.79 Å². The van der Waals surface area contributed by atoms with Crippen molar-refractivity contribution >= 4 is 11.8 Å². The Balaban J connectivity index is 2.19. The van der Waals surface area contributed by atoms with Gasteiger partial charge in [0.2, 0.25) is 0 Å². The fraction of sp³-hybridized carbons (Fsp3) is 0.462. The van der Waals surface area contributed by atoms with Crippen LogP contribution in [0.25, 0.3) is 0 Å². The summed E-state index contributed by atoms with van der Waals surface area (Å²) in [4.78, 5) is 11.3. The fourth-order valence-corrected chi connectivity index (χ4v) is 1.33. The van der Waals surface area contributed by atoms with Gasteiger partial charge in [-0.15, -0.1) is 0 Å². The van der Waals surface area contributed by atoms with E-state index in [0.29, 0.717) is 6.54 Å². The molecule has 1 aromatic carbocycles. The van der Waals surface area contributed by atoms with E-state index < -0.39 is 11.7 Å². The second-order valence-corrected chi connectivity index (χ2v) is 5.05. The molecular formula is C13H21N3O2. The molecule has 0 radical (unpaired) electrons. The van der Waals surface area contributed by atoms with Crippen LogP contribution in [0.15, 0.2) is 24.3 Å². The van der Waals surface area contributed by atoms with Crippen LogP contribution in [0.5, 0.6) is 0 Å². The average molecular weight is 251 g/mol. The van der Waals surface area contributed by atoms with Gasteiger partial charge in [0.15, 0.2) is 0 Å². The number of carbonyl (C=O) groups excluding carboxylic acids is 1. The Morgan fingerprint density at radius 1 is 1.28 bits per heavy atom. The van der Waals surface area contributed by atoms with E-state index in [1.165, 1.54) is 0 Å². The predicted octanol–water partition coefficient (Wildman–Crippen LogP) is 1.84. The van der Waals surface area contributed by atoms with Crippen molar-refractivity contribution in [3.63, 3.8) is 0 Å². The summed E-state index contributed by atoms with van der Waals surface area (Å²) in [5.74, 6) is 0. The van der Waals surface area contributed by atoms with Crippen LogP contribution in [-0.4, -0.2) is 18.2 Å². The van der Waals surface area contributed by atoms with Crippen molar-refractivity contribution in [2.45, 2.75) is 32.8 Å². The molecular weight excluding hydrogens is 230 g/mol. The number of ether oxygens (including phenoxy) is 1. The molecule has 0 fully saturated rings. The molecule has 4 N–H and O–H groups in total. The summed E-state index contributed by atoms with van der Waals surface area (Å²) in [7, 11) is 0. The first kappa shape index (κ1) is 14.3. The molecule has 0 saturated carbocycles. The summed E-state index contributed by atoms with van der Waals surface area (Å²) in [5, 5.41) is 0. The van der Waals surface area contributed by atoms with Crippen molar-refractivity contribution < 1.29 is 9.53 Å². The molecule has 0 aliphatic heterocycles. The lowest BCUT2D eigenvalue weighted by atomic mass is 10.1. The van der Waals surface area contributed by atoms with E-state index in [-0.39, 0.29) is 0 Å². The van der Waals surface area contributed by atoms with Crippen molar-refractivity contribution in [3.8, 4) is 0 Å². The highest BCUT2D eigenvalue weighted by atomic mass is 16.6. The summed E-state index contributed by atoms with van der Waals surface area (Å²) in [6.45, 7) is 6.09. The van der Waals surface area contributed by atoms with Gasteiger partial charge in [-0.2, -0.15) is 0 Å². The number of nitrogen functional groups attached to an aromatic ring is 1. The van der Waals surface area contributed by atoms with Crippen LogP contribution in [0.3, 0.4) is 0 Å². The minimum atomic E-state index is -0.483. The summed E-state index contributed by atoms with van der Waals surface area (Å²) < 4.78 is 5.08. The van der Waals surface area contributed by atoms with Gasteiger partial charge in [-0.05, 0) is 44.9 Å². The highest BCUT2D eigenvalue weighted by molar-refractivity contribution is 5.66. The molecule has 0 aliphatic rings. The van der Waals surface area contributed by atoms with Crippen LogP contribution in [-0.2, 0) is 11.2 Å². The van der Waals surface area contributed by atoms with Gasteiger partial charge in [-0.1, -0.05) is 12.1 Å². The predicted molar refractivity (Wildman–Crippen MR) is 71.9 cm³/mol. The maximum Gasteiger partial charge on any atom is 0.422 e. The first-order valence-electron chi connectivity index (χ1n) is 5.93. The maximum absolute atomic E-state index is 11.3. The lowest BCUT2D eigenvalue weighted by Gasteiger charge is -2.19. The standard InChI is InChI=1S/C13H21N3O2/c1-13(2,3)18-12(17)16-15-9-8-10-4-6-11(14)7-5-10/h4-7,15H,8-9,14H2,1-3H3,(H,16,17). The summed E-state index contributed by atoms with van der Waals surface area (Å²) in [5.41, 5.74) is 12.3. The maximum atomic E-state index is 11.3. The van der Waals surface area contributed by atoms with Crippen LogP contribution in [0.1, 0.15) is 26.3 Å². The van der Waals surface area contributed by atoms with Gasteiger partial charge < -0.3 is 10.5 Å². The van der Waals surface area contributed by atoms with E-state index in [1.54, 1.807) is 0 Å². The summed E-state index contributed by atoms with van der Waals surface area (Å²) >= 11 is 0. The van der Waals surface area contributed by atoms with Crippen LogP contribution in [0, 0.1) is 0 Å². The molecule has 18 heavy (non-hydrogen) atoms. The van der Waals surface area contributed by atoms with Gasteiger partial charge in [0, 0.05) is 12.2 Å². The number of anilines is 1. The Hall–Kier alpha value is -1.75. The van der Waals surface area contributed by atoms with E-state index >= 15 is 0 Å². The SMILES string of the molecule is CC(C)(C)OC(=O)NNCCc1ccc(N)cc1. The normalized spacial score (nSPS) is 11.1. The largest absolute Gasteiger partial charge is 0.443 e. The number of amides is 1. The van der Waals surface area contributed by atoms with E-state index in [1.807, 2.05) is 45.0 Å². The number of hydrogen-bond donors (Lipinski definition) is 3. The first-order chi connectivity index (χ1) is 8.37. The lowest BCUT2D eigenvalue weighted by molar-refractivity contribution is 0.0499. The zero-order valence-corrected chi connectivity index (χ0v) is 11.1. The van der Waals surface area contributed by atoms with Gasteiger partial charge in [-0.25, -0.2) is 10.2 Å². The smallest absolute Gasteiger partial charge is 0.422 e. The molecule has 1 rings (SSSR count). The van der Waals surface area contributed by atoms with Crippen LogP contribution in [0.2, 0.25) is 0 Å². The second kappa shape index (κ2) is 6.26. The van der Waals surface area contributed by atoms with Crippen LogP contribution < -0.4 is 16.6 Å². The molecule has 0 unspecified atom stereocenters. The third-order valence-corrected chi connectivity index (χ3v) is 2.11. The second-order valence-electron chi connectivity index (χ2n) is 5.05. The number of benzene rings is 1. The number of rotatable bonds is 4. The summed E-state index contributed by atoms with van der Waals surface area (Å²) in [6, 6.07) is 7.64. The number of carbonyl (C=O) groups is 1. The first-order valence-corrected chi connectivity index (χ1v) is 5.93. The molecule has 0 heterocycles. The Labute approximate surface area is 108 Å². The van der Waals surface area contributed by atoms with E-state index in [0.717, 1.165) is 17.7 Å². The quantitative estimate of drug-likeness (QED) is 0.433. The molecule has 1 aromatic rings. The minimum absolute atomic E-state index is 0.472. The third-order valence-electron chi connectivity index (χ3n) is 2.11. The monoisotopic (exact) mass is 251 g/mol. The Morgan fingerprint density at radius 2 is 1.89 bits per heavy atom. The molecule has 0 spiro atoms. The number of hydrazine groups is 1. The lowest BCUT2D eigenvalue weighted by Crippen LogP contribution is -2.41. The molecule has 1 amide bonds. The van der Waals surface area contributed by atoms with Crippen LogP contribution in [0.4, 0.5) is 10.5 Å². The molecule has 0 atom stereocenters. The number of nitrogens with two attached hydrogens (primary N) is 1. The van der Waals surface area contributed by atoms with E-state index in [4.69, 9.17) is 10.5 Å². The number of hydrogen-bond acceptors (Lipinski definition) is 4. The zero-order valence-electron chi connectivity index (χ0n) is 11.1. The third kappa shape index (κ3) is 6.10. The van der Waals surface area contributed by atoms with Crippen LogP contribution >= 0.6 is 0 Å². The van der Waals surface area contributed by atoms with E-state index in [2.05, 4.69) is 10.9 Å². The average Bonchev–Trinajstić information content (AvgIpc) is 2.24. The zero-order chi connectivity index (χ0) is 13.6. The van der Waals surface area contributed by atoms with Crippen molar-refractivity contribution in [2.24, 2.45) is 0 Å². The molecule has 5 nitrogen and oxygen atoms in total. The Morgan fingerprint density at radius 3 is 2.44 bits per heavy atom. The number of nitrogens with one attached hydrogen (secondary N) is 2. The Kier molecular flexibility index (Phi) is 4.97. The molecule has 5 heteroatoms. The van der Waals surface area contributed by atoms with Gasteiger partial charge in [-0.3, -0.25) is 5.43 Å². The molecule has 100 valence electrons. The van der Waals surface area contributed by atoms with Gasteiger partial charge >= 0.3 is 6.09 Å². The highest BCUT2D eigenvalue weighted by Crippen LogP contribution is 2.06.